The molecule has 0 aliphatic carbocycles. The van der Waals surface area contributed by atoms with Gasteiger partial charge in [-0.05, 0) is 14.1 Å². The Kier molecular flexibility index (Phi) is 3.87. The number of ether oxygens (including phenoxy) is 1. The van der Waals surface area contributed by atoms with Gasteiger partial charge in [-0.3, -0.25) is 0 Å². The molecule has 1 atom stereocenters. The summed E-state index contributed by atoms with van der Waals surface area (Å²) in [6.45, 7) is 3.35. The van der Waals surface area contributed by atoms with Crippen molar-refractivity contribution in [2.45, 2.75) is 12.5 Å². The molecule has 0 bridgehead atoms. The molecule has 0 radical (unpaired) electrons. The SMILES string of the molecule is CNCCc1nc(C2CN(C)CCO2)no1. The fraction of sp³-hybridized carbons (Fsp3) is 0.800. The molecule has 16 heavy (non-hydrogen) atoms. The van der Waals surface area contributed by atoms with Gasteiger partial charge in [-0.25, -0.2) is 0 Å². The van der Waals surface area contributed by atoms with Crippen LogP contribution < -0.4 is 5.32 Å². The van der Waals surface area contributed by atoms with Gasteiger partial charge in [0.1, 0.15) is 6.10 Å². The van der Waals surface area contributed by atoms with Crippen molar-refractivity contribution in [3.63, 3.8) is 0 Å². The Balaban J connectivity index is 1.95. The number of hydrogen-bond acceptors (Lipinski definition) is 6. The average Bonchev–Trinajstić information content (AvgIpc) is 2.75. The fourth-order valence-corrected chi connectivity index (χ4v) is 1.67. The Morgan fingerprint density at radius 1 is 1.56 bits per heavy atom. The second kappa shape index (κ2) is 5.38. The van der Waals surface area contributed by atoms with Crippen LogP contribution in [0.25, 0.3) is 0 Å². The van der Waals surface area contributed by atoms with E-state index < -0.39 is 0 Å². The number of morpholine rings is 1. The molecule has 1 unspecified atom stereocenters. The predicted molar refractivity (Wildman–Crippen MR) is 58.1 cm³/mol. The normalized spacial score (nSPS) is 22.5. The van der Waals surface area contributed by atoms with E-state index in [4.69, 9.17) is 9.26 Å². The maximum Gasteiger partial charge on any atom is 0.228 e. The zero-order valence-corrected chi connectivity index (χ0v) is 9.77. The van der Waals surface area contributed by atoms with Gasteiger partial charge in [0.15, 0.2) is 0 Å². The first kappa shape index (κ1) is 11.5. The molecule has 1 aromatic heterocycles. The second-order valence-corrected chi connectivity index (χ2v) is 4.02. The lowest BCUT2D eigenvalue weighted by molar-refractivity contribution is -0.0264. The van der Waals surface area contributed by atoms with Gasteiger partial charge in [-0.15, -0.1) is 0 Å². The van der Waals surface area contributed by atoms with Gasteiger partial charge < -0.3 is 19.5 Å². The predicted octanol–water partition coefficient (Wildman–Crippen LogP) is -0.165. The highest BCUT2D eigenvalue weighted by Crippen LogP contribution is 2.18. The summed E-state index contributed by atoms with van der Waals surface area (Å²) in [6, 6.07) is 0. The van der Waals surface area contributed by atoms with Crippen molar-refractivity contribution in [2.24, 2.45) is 0 Å². The molecule has 0 spiro atoms. The van der Waals surface area contributed by atoms with Gasteiger partial charge in [0.25, 0.3) is 0 Å². The minimum atomic E-state index is -0.0502. The Hall–Kier alpha value is -0.980. The van der Waals surface area contributed by atoms with Crippen LogP contribution in [0.4, 0.5) is 0 Å². The first-order valence-electron chi connectivity index (χ1n) is 5.57. The highest BCUT2D eigenvalue weighted by atomic mass is 16.5. The van der Waals surface area contributed by atoms with Crippen LogP contribution in [0.3, 0.4) is 0 Å². The lowest BCUT2D eigenvalue weighted by Gasteiger charge is -2.27. The van der Waals surface area contributed by atoms with E-state index in [1.165, 1.54) is 0 Å². The molecule has 0 saturated carbocycles. The highest BCUT2D eigenvalue weighted by molar-refractivity contribution is 4.94. The maximum atomic E-state index is 5.61. The van der Waals surface area contributed by atoms with E-state index in [1.807, 2.05) is 7.05 Å². The lowest BCUT2D eigenvalue weighted by atomic mass is 10.3. The molecule has 1 aliphatic rings. The average molecular weight is 226 g/mol. The number of aromatic nitrogens is 2. The first-order chi connectivity index (χ1) is 7.79. The number of nitrogens with zero attached hydrogens (tertiary/aromatic N) is 3. The van der Waals surface area contributed by atoms with Gasteiger partial charge >= 0.3 is 0 Å². The molecule has 0 amide bonds. The van der Waals surface area contributed by atoms with Gasteiger partial charge in [0.2, 0.25) is 11.7 Å². The summed E-state index contributed by atoms with van der Waals surface area (Å²) in [4.78, 5) is 6.54. The first-order valence-corrected chi connectivity index (χ1v) is 5.57. The molecule has 1 aromatic rings. The summed E-state index contributed by atoms with van der Waals surface area (Å²) in [5.41, 5.74) is 0. The summed E-state index contributed by atoms with van der Waals surface area (Å²) in [7, 11) is 3.97. The van der Waals surface area contributed by atoms with E-state index in [0.717, 1.165) is 32.7 Å². The highest BCUT2D eigenvalue weighted by Gasteiger charge is 2.24. The van der Waals surface area contributed by atoms with Crippen molar-refractivity contribution in [3.05, 3.63) is 11.7 Å². The van der Waals surface area contributed by atoms with Crippen molar-refractivity contribution in [3.8, 4) is 0 Å². The van der Waals surface area contributed by atoms with Crippen LogP contribution in [-0.4, -0.2) is 55.4 Å². The minimum absolute atomic E-state index is 0.0502. The zero-order valence-electron chi connectivity index (χ0n) is 9.77. The van der Waals surface area contributed by atoms with Crippen molar-refractivity contribution in [1.29, 1.82) is 0 Å². The summed E-state index contributed by atoms with van der Waals surface area (Å²) in [5, 5.41) is 7.01. The monoisotopic (exact) mass is 226 g/mol. The van der Waals surface area contributed by atoms with Crippen LogP contribution >= 0.6 is 0 Å². The van der Waals surface area contributed by atoms with Crippen molar-refractivity contribution >= 4 is 0 Å². The van der Waals surface area contributed by atoms with E-state index in [-0.39, 0.29) is 6.10 Å². The van der Waals surface area contributed by atoms with E-state index in [2.05, 4.69) is 27.4 Å². The quantitative estimate of drug-likeness (QED) is 0.769. The molecule has 2 heterocycles. The number of nitrogens with one attached hydrogen (secondary N) is 1. The summed E-state index contributed by atoms with van der Waals surface area (Å²) in [6.07, 6.45) is 0.706. The third-order valence-corrected chi connectivity index (χ3v) is 2.63. The summed E-state index contributed by atoms with van der Waals surface area (Å²) >= 11 is 0. The van der Waals surface area contributed by atoms with Gasteiger partial charge in [0, 0.05) is 26.1 Å². The number of hydrogen-bond donors (Lipinski definition) is 1. The third kappa shape index (κ3) is 2.78. The molecule has 0 aromatic carbocycles. The molecule has 1 aliphatic heterocycles. The Morgan fingerprint density at radius 2 is 2.44 bits per heavy atom. The maximum absolute atomic E-state index is 5.61. The minimum Gasteiger partial charge on any atom is -0.367 e. The lowest BCUT2D eigenvalue weighted by Crippen LogP contribution is -2.35. The van der Waals surface area contributed by atoms with Crippen molar-refractivity contribution < 1.29 is 9.26 Å². The third-order valence-electron chi connectivity index (χ3n) is 2.63. The van der Waals surface area contributed by atoms with E-state index in [9.17, 15) is 0 Å². The van der Waals surface area contributed by atoms with E-state index in [1.54, 1.807) is 0 Å². The van der Waals surface area contributed by atoms with Crippen LogP contribution in [0.1, 0.15) is 17.8 Å². The van der Waals surface area contributed by atoms with Crippen LogP contribution in [0.2, 0.25) is 0 Å². The van der Waals surface area contributed by atoms with E-state index >= 15 is 0 Å². The fourth-order valence-electron chi connectivity index (χ4n) is 1.67. The Labute approximate surface area is 95.0 Å². The molecule has 6 heteroatoms. The molecular weight excluding hydrogens is 208 g/mol. The molecule has 90 valence electrons. The van der Waals surface area contributed by atoms with Crippen LogP contribution in [-0.2, 0) is 11.2 Å². The molecule has 2 rings (SSSR count). The second-order valence-electron chi connectivity index (χ2n) is 4.02. The molecule has 1 N–H and O–H groups in total. The molecule has 1 fully saturated rings. The van der Waals surface area contributed by atoms with Gasteiger partial charge in [-0.1, -0.05) is 5.16 Å². The van der Waals surface area contributed by atoms with Gasteiger partial charge in [-0.2, -0.15) is 4.98 Å². The van der Waals surface area contributed by atoms with Crippen LogP contribution in [0.5, 0.6) is 0 Å². The largest absolute Gasteiger partial charge is 0.367 e. The van der Waals surface area contributed by atoms with Crippen molar-refractivity contribution in [2.75, 3.05) is 40.3 Å². The van der Waals surface area contributed by atoms with Crippen LogP contribution in [0, 0.1) is 0 Å². The number of rotatable bonds is 4. The molecule has 1 saturated heterocycles. The molecular formula is C10H18N4O2. The van der Waals surface area contributed by atoms with Gasteiger partial charge in [0.05, 0.1) is 6.61 Å². The molecule has 6 nitrogen and oxygen atoms in total. The Morgan fingerprint density at radius 3 is 3.19 bits per heavy atom. The summed E-state index contributed by atoms with van der Waals surface area (Å²) in [5.74, 6) is 1.33. The summed E-state index contributed by atoms with van der Waals surface area (Å²) < 4.78 is 10.8. The zero-order chi connectivity index (χ0) is 11.4. The topological polar surface area (TPSA) is 63.4 Å². The van der Waals surface area contributed by atoms with E-state index in [0.29, 0.717) is 11.7 Å². The van der Waals surface area contributed by atoms with Crippen LogP contribution in [0.15, 0.2) is 4.52 Å². The Bertz CT molecular complexity index is 328. The standard InChI is InChI=1S/C10H18N4O2/c1-11-4-3-9-12-10(13-16-9)8-7-14(2)5-6-15-8/h8,11H,3-7H2,1-2H3. The number of likely N-dealkylation sites (N-methyl/N-ethyl adjacent to an activating group) is 2. The van der Waals surface area contributed by atoms with Crippen molar-refractivity contribution in [1.82, 2.24) is 20.4 Å². The smallest absolute Gasteiger partial charge is 0.228 e.